The van der Waals surface area contributed by atoms with Crippen molar-refractivity contribution in [1.29, 1.82) is 0 Å². The van der Waals surface area contributed by atoms with Gasteiger partial charge in [-0.3, -0.25) is 4.90 Å². The zero-order valence-electron chi connectivity index (χ0n) is 17.2. The molecule has 0 radical (unpaired) electrons. The minimum atomic E-state index is 0.525. The van der Waals surface area contributed by atoms with Crippen molar-refractivity contribution in [2.45, 2.75) is 37.6 Å². The van der Waals surface area contributed by atoms with Crippen molar-refractivity contribution in [3.63, 3.8) is 0 Å². The van der Waals surface area contributed by atoms with E-state index in [1.54, 1.807) is 21.3 Å². The topological polar surface area (TPSA) is 30.9 Å². The summed E-state index contributed by atoms with van der Waals surface area (Å²) in [7, 11) is 5.05. The molecule has 150 valence electrons. The van der Waals surface area contributed by atoms with Gasteiger partial charge in [0.15, 0.2) is 11.5 Å². The van der Waals surface area contributed by atoms with Crippen LogP contribution in [0, 0.1) is 5.92 Å². The number of rotatable bonds is 7. The molecule has 28 heavy (non-hydrogen) atoms. The van der Waals surface area contributed by atoms with E-state index in [0.29, 0.717) is 17.7 Å². The van der Waals surface area contributed by atoms with Crippen LogP contribution in [0.5, 0.6) is 17.2 Å². The van der Waals surface area contributed by atoms with E-state index in [-0.39, 0.29) is 0 Å². The number of fused-ring (bicyclic) bond motifs is 1. The number of likely N-dealkylation sites (tertiary alicyclic amines) is 1. The molecule has 0 unspecified atom stereocenters. The van der Waals surface area contributed by atoms with Crippen LogP contribution in [-0.4, -0.2) is 45.4 Å². The second-order valence-corrected chi connectivity index (χ2v) is 7.96. The van der Waals surface area contributed by atoms with Crippen LogP contribution in [0.1, 0.15) is 36.3 Å². The molecule has 1 saturated heterocycles. The zero-order valence-corrected chi connectivity index (χ0v) is 17.2. The lowest BCUT2D eigenvalue weighted by atomic mass is 9.86. The Morgan fingerprint density at radius 2 is 1.64 bits per heavy atom. The van der Waals surface area contributed by atoms with Gasteiger partial charge in [-0.05, 0) is 48.4 Å². The summed E-state index contributed by atoms with van der Waals surface area (Å²) in [4.78, 5) is 2.72. The number of hydrogen-bond acceptors (Lipinski definition) is 4. The summed E-state index contributed by atoms with van der Waals surface area (Å²) < 4.78 is 16.7. The van der Waals surface area contributed by atoms with Gasteiger partial charge in [-0.25, -0.2) is 0 Å². The Bertz CT molecular complexity index is 767. The Labute approximate surface area is 168 Å². The minimum Gasteiger partial charge on any atom is -0.493 e. The van der Waals surface area contributed by atoms with E-state index in [2.05, 4.69) is 47.4 Å². The van der Waals surface area contributed by atoms with Crippen molar-refractivity contribution < 1.29 is 14.2 Å². The van der Waals surface area contributed by atoms with E-state index in [9.17, 15) is 0 Å². The summed E-state index contributed by atoms with van der Waals surface area (Å²) in [6.07, 6.45) is 5.08. The molecule has 0 bridgehead atoms. The van der Waals surface area contributed by atoms with Crippen LogP contribution in [-0.2, 0) is 6.42 Å². The summed E-state index contributed by atoms with van der Waals surface area (Å²) in [5, 5.41) is 0. The molecule has 4 nitrogen and oxygen atoms in total. The van der Waals surface area contributed by atoms with Gasteiger partial charge in [0.25, 0.3) is 0 Å². The monoisotopic (exact) mass is 381 g/mol. The van der Waals surface area contributed by atoms with Crippen molar-refractivity contribution in [1.82, 2.24) is 4.90 Å². The van der Waals surface area contributed by atoms with Gasteiger partial charge in [-0.2, -0.15) is 0 Å². The van der Waals surface area contributed by atoms with E-state index in [0.717, 1.165) is 36.9 Å². The predicted octanol–water partition coefficient (Wildman–Crippen LogP) is 4.52. The Hall–Kier alpha value is -2.20. The molecular formula is C24H31NO3. The highest BCUT2D eigenvalue weighted by Gasteiger charge is 2.44. The third-order valence-corrected chi connectivity index (χ3v) is 6.59. The molecule has 3 atom stereocenters. The summed E-state index contributed by atoms with van der Waals surface area (Å²) in [6, 6.07) is 15.8. The van der Waals surface area contributed by atoms with Gasteiger partial charge in [-0.1, -0.05) is 36.8 Å². The van der Waals surface area contributed by atoms with E-state index >= 15 is 0 Å². The first-order valence-corrected chi connectivity index (χ1v) is 10.3. The molecule has 2 aromatic rings. The summed E-state index contributed by atoms with van der Waals surface area (Å²) in [5.41, 5.74) is 2.74. The molecule has 2 aromatic carbocycles. The lowest BCUT2D eigenvalue weighted by Gasteiger charge is -2.23. The van der Waals surface area contributed by atoms with Gasteiger partial charge >= 0.3 is 0 Å². The first kappa shape index (κ1) is 19.1. The summed E-state index contributed by atoms with van der Waals surface area (Å²) in [5.74, 6) is 3.44. The van der Waals surface area contributed by atoms with Crippen molar-refractivity contribution in [3.05, 3.63) is 53.6 Å². The van der Waals surface area contributed by atoms with Crippen LogP contribution in [0.25, 0.3) is 0 Å². The highest BCUT2D eigenvalue weighted by Crippen LogP contribution is 2.49. The van der Waals surface area contributed by atoms with E-state index in [1.165, 1.54) is 30.4 Å². The predicted molar refractivity (Wildman–Crippen MR) is 112 cm³/mol. The SMILES string of the molecule is COc1cc([C@@H]2CN(CCc3ccccc3)[C@@H]3CCC[C@@H]32)cc(OC)c1OC. The first-order chi connectivity index (χ1) is 13.7. The van der Waals surface area contributed by atoms with Crippen LogP contribution in [0.4, 0.5) is 0 Å². The van der Waals surface area contributed by atoms with Crippen molar-refractivity contribution in [2.24, 2.45) is 5.92 Å². The Morgan fingerprint density at radius 3 is 2.29 bits per heavy atom. The lowest BCUT2D eigenvalue weighted by molar-refractivity contribution is 0.244. The Morgan fingerprint density at radius 1 is 0.929 bits per heavy atom. The summed E-state index contributed by atoms with van der Waals surface area (Å²) >= 11 is 0. The van der Waals surface area contributed by atoms with E-state index in [1.807, 2.05) is 0 Å². The lowest BCUT2D eigenvalue weighted by Crippen LogP contribution is -2.31. The maximum absolute atomic E-state index is 5.60. The van der Waals surface area contributed by atoms with Crippen molar-refractivity contribution in [3.8, 4) is 17.2 Å². The maximum Gasteiger partial charge on any atom is 0.203 e. The fourth-order valence-corrected chi connectivity index (χ4v) is 5.26. The molecule has 0 amide bonds. The van der Waals surface area contributed by atoms with E-state index in [4.69, 9.17) is 14.2 Å². The molecule has 4 rings (SSSR count). The molecule has 1 saturated carbocycles. The third-order valence-electron chi connectivity index (χ3n) is 6.59. The molecule has 0 N–H and O–H groups in total. The average molecular weight is 382 g/mol. The quantitative estimate of drug-likeness (QED) is 0.705. The van der Waals surface area contributed by atoms with Gasteiger partial charge in [0.2, 0.25) is 5.75 Å². The smallest absolute Gasteiger partial charge is 0.203 e. The molecule has 4 heteroatoms. The number of methoxy groups -OCH3 is 3. The Kier molecular flexibility index (Phi) is 5.77. The van der Waals surface area contributed by atoms with Crippen LogP contribution in [0.15, 0.2) is 42.5 Å². The average Bonchev–Trinajstić information content (AvgIpc) is 3.35. The number of ether oxygens (including phenoxy) is 3. The fourth-order valence-electron chi connectivity index (χ4n) is 5.26. The molecule has 0 aromatic heterocycles. The van der Waals surface area contributed by atoms with Crippen molar-refractivity contribution >= 4 is 0 Å². The van der Waals surface area contributed by atoms with Gasteiger partial charge in [0.05, 0.1) is 21.3 Å². The van der Waals surface area contributed by atoms with Crippen LogP contribution in [0.2, 0.25) is 0 Å². The zero-order chi connectivity index (χ0) is 19.5. The van der Waals surface area contributed by atoms with Gasteiger partial charge in [0, 0.05) is 25.0 Å². The number of benzene rings is 2. The van der Waals surface area contributed by atoms with Gasteiger partial charge in [0.1, 0.15) is 0 Å². The largest absolute Gasteiger partial charge is 0.493 e. The normalized spacial score (nSPS) is 24.2. The standard InChI is InChI=1S/C24H31NO3/c1-26-22-14-18(15-23(27-2)24(22)28-3)20-16-25(21-11-7-10-19(20)21)13-12-17-8-5-4-6-9-17/h4-6,8-9,14-15,19-21H,7,10-13,16H2,1-3H3/t19-,20+,21-/m1/s1. The van der Waals surface area contributed by atoms with Gasteiger partial charge < -0.3 is 14.2 Å². The molecule has 2 aliphatic rings. The van der Waals surface area contributed by atoms with Gasteiger partial charge in [-0.15, -0.1) is 0 Å². The number of nitrogens with zero attached hydrogens (tertiary/aromatic N) is 1. The second kappa shape index (κ2) is 8.44. The third kappa shape index (κ3) is 3.58. The highest BCUT2D eigenvalue weighted by atomic mass is 16.5. The molecule has 0 spiro atoms. The summed E-state index contributed by atoms with van der Waals surface area (Å²) in [6.45, 7) is 2.24. The first-order valence-electron chi connectivity index (χ1n) is 10.3. The highest BCUT2D eigenvalue weighted by molar-refractivity contribution is 5.55. The molecule has 1 aliphatic heterocycles. The minimum absolute atomic E-state index is 0.525. The molecule has 1 heterocycles. The van der Waals surface area contributed by atoms with Crippen molar-refractivity contribution in [2.75, 3.05) is 34.4 Å². The molecule has 2 fully saturated rings. The van der Waals surface area contributed by atoms with E-state index < -0.39 is 0 Å². The van der Waals surface area contributed by atoms with Crippen LogP contribution in [0.3, 0.4) is 0 Å². The van der Waals surface area contributed by atoms with Crippen LogP contribution >= 0.6 is 0 Å². The Balaban J connectivity index is 1.56. The number of hydrogen-bond donors (Lipinski definition) is 0. The second-order valence-electron chi connectivity index (χ2n) is 7.96. The molecule has 1 aliphatic carbocycles. The fraction of sp³-hybridized carbons (Fsp3) is 0.500. The maximum atomic E-state index is 5.60. The van der Waals surface area contributed by atoms with Crippen LogP contribution < -0.4 is 14.2 Å². The molecular weight excluding hydrogens is 350 g/mol.